The van der Waals surface area contributed by atoms with Gasteiger partial charge in [-0.3, -0.25) is 4.79 Å². The van der Waals surface area contributed by atoms with E-state index in [4.69, 9.17) is 0 Å². The molecule has 1 aliphatic heterocycles. The molecular formula is C16H24N2O. The zero-order chi connectivity index (χ0) is 13.7. The second-order valence-electron chi connectivity index (χ2n) is 5.57. The van der Waals surface area contributed by atoms with Gasteiger partial charge in [0.2, 0.25) is 5.91 Å². The molecule has 1 atom stereocenters. The fourth-order valence-corrected chi connectivity index (χ4v) is 2.72. The second kappa shape index (κ2) is 6.71. The van der Waals surface area contributed by atoms with E-state index in [-0.39, 0.29) is 5.91 Å². The lowest BCUT2D eigenvalue weighted by Crippen LogP contribution is -2.30. The minimum absolute atomic E-state index is 0.142. The zero-order valence-electron chi connectivity index (χ0n) is 12.0. The molecule has 0 saturated carbocycles. The van der Waals surface area contributed by atoms with E-state index in [9.17, 15) is 4.79 Å². The molecule has 1 fully saturated rings. The molecule has 0 aromatic heterocycles. The number of piperidine rings is 1. The van der Waals surface area contributed by atoms with E-state index in [1.54, 1.807) is 0 Å². The number of carbonyl (C=O) groups excluding carboxylic acids is 1. The van der Waals surface area contributed by atoms with Crippen molar-refractivity contribution in [2.75, 3.05) is 18.4 Å². The Balaban J connectivity index is 1.83. The van der Waals surface area contributed by atoms with Crippen molar-refractivity contribution in [3.63, 3.8) is 0 Å². The number of para-hydroxylation sites is 1. The molecule has 3 nitrogen and oxygen atoms in total. The number of anilines is 1. The van der Waals surface area contributed by atoms with Crippen molar-refractivity contribution >= 4 is 11.6 Å². The van der Waals surface area contributed by atoms with Crippen LogP contribution in [0.2, 0.25) is 0 Å². The summed E-state index contributed by atoms with van der Waals surface area (Å²) >= 11 is 0. The third kappa shape index (κ3) is 4.06. The molecule has 1 heterocycles. The smallest absolute Gasteiger partial charge is 0.224 e. The number of rotatable bonds is 4. The van der Waals surface area contributed by atoms with Crippen LogP contribution >= 0.6 is 0 Å². The molecule has 0 aliphatic carbocycles. The number of amides is 1. The molecule has 2 rings (SSSR count). The van der Waals surface area contributed by atoms with Crippen molar-refractivity contribution in [3.8, 4) is 0 Å². The zero-order valence-corrected chi connectivity index (χ0v) is 12.0. The van der Waals surface area contributed by atoms with Crippen LogP contribution in [0.5, 0.6) is 0 Å². The number of carbonyl (C=O) groups is 1. The predicted octanol–water partition coefficient (Wildman–Crippen LogP) is 3.02. The molecule has 0 bridgehead atoms. The molecule has 104 valence electrons. The third-order valence-electron chi connectivity index (χ3n) is 3.92. The van der Waals surface area contributed by atoms with Gasteiger partial charge in [-0.2, -0.15) is 0 Å². The van der Waals surface area contributed by atoms with Gasteiger partial charge < -0.3 is 10.6 Å². The van der Waals surface area contributed by atoms with Crippen molar-refractivity contribution < 1.29 is 4.79 Å². The molecule has 1 aliphatic rings. The molecule has 3 heteroatoms. The molecule has 1 amide bonds. The summed E-state index contributed by atoms with van der Waals surface area (Å²) in [5.41, 5.74) is 3.25. The number of aryl methyl sites for hydroxylation is 2. The van der Waals surface area contributed by atoms with Crippen LogP contribution in [-0.4, -0.2) is 19.0 Å². The highest BCUT2D eigenvalue weighted by atomic mass is 16.1. The van der Waals surface area contributed by atoms with E-state index >= 15 is 0 Å². The van der Waals surface area contributed by atoms with E-state index in [1.807, 2.05) is 32.0 Å². The van der Waals surface area contributed by atoms with Gasteiger partial charge in [-0.25, -0.2) is 0 Å². The van der Waals surface area contributed by atoms with Crippen LogP contribution in [0.3, 0.4) is 0 Å². The summed E-state index contributed by atoms with van der Waals surface area (Å²) in [4.78, 5) is 12.0. The van der Waals surface area contributed by atoms with Crippen molar-refractivity contribution in [2.24, 2.45) is 5.92 Å². The lowest BCUT2D eigenvalue weighted by atomic mass is 9.94. The highest BCUT2D eigenvalue weighted by Gasteiger charge is 2.15. The van der Waals surface area contributed by atoms with Crippen molar-refractivity contribution in [2.45, 2.75) is 39.5 Å². The Morgan fingerprint density at radius 2 is 2.11 bits per heavy atom. The molecule has 0 spiro atoms. The molecule has 1 aromatic rings. The van der Waals surface area contributed by atoms with Crippen molar-refractivity contribution in [1.82, 2.24) is 5.32 Å². The van der Waals surface area contributed by atoms with E-state index in [0.29, 0.717) is 12.3 Å². The van der Waals surface area contributed by atoms with Gasteiger partial charge in [0.15, 0.2) is 0 Å². The Hall–Kier alpha value is -1.35. The minimum atomic E-state index is 0.142. The first-order chi connectivity index (χ1) is 9.16. The Labute approximate surface area is 115 Å². The van der Waals surface area contributed by atoms with Crippen LogP contribution in [0, 0.1) is 19.8 Å². The quantitative estimate of drug-likeness (QED) is 0.873. The first kappa shape index (κ1) is 14.1. The van der Waals surface area contributed by atoms with Gasteiger partial charge in [0.05, 0.1) is 0 Å². The van der Waals surface area contributed by atoms with Crippen LogP contribution in [0.1, 0.15) is 36.8 Å². The Morgan fingerprint density at radius 3 is 2.74 bits per heavy atom. The largest absolute Gasteiger partial charge is 0.326 e. The summed E-state index contributed by atoms with van der Waals surface area (Å²) in [6, 6.07) is 6.09. The van der Waals surface area contributed by atoms with Gasteiger partial charge >= 0.3 is 0 Å². The average Bonchev–Trinajstić information content (AvgIpc) is 2.42. The summed E-state index contributed by atoms with van der Waals surface area (Å²) in [7, 11) is 0. The fraction of sp³-hybridized carbons (Fsp3) is 0.562. The number of benzene rings is 1. The van der Waals surface area contributed by atoms with Crippen LogP contribution in [0.4, 0.5) is 5.69 Å². The van der Waals surface area contributed by atoms with Crippen LogP contribution in [-0.2, 0) is 4.79 Å². The van der Waals surface area contributed by atoms with Crippen LogP contribution < -0.4 is 10.6 Å². The molecule has 19 heavy (non-hydrogen) atoms. The molecular weight excluding hydrogens is 236 g/mol. The Bertz CT molecular complexity index is 416. The topological polar surface area (TPSA) is 41.1 Å². The monoisotopic (exact) mass is 260 g/mol. The standard InChI is InChI=1S/C16H24N2O/c1-12-5-3-6-13(2)16(12)18-15(19)9-8-14-7-4-10-17-11-14/h3,5-6,14,17H,4,7-11H2,1-2H3,(H,18,19). The van der Waals surface area contributed by atoms with Gasteiger partial charge in [0.1, 0.15) is 0 Å². The summed E-state index contributed by atoms with van der Waals surface area (Å²) in [5, 5.41) is 6.45. The third-order valence-corrected chi connectivity index (χ3v) is 3.92. The van der Waals surface area contributed by atoms with Gasteiger partial charge in [0.25, 0.3) is 0 Å². The summed E-state index contributed by atoms with van der Waals surface area (Å²) in [6.07, 6.45) is 4.11. The summed E-state index contributed by atoms with van der Waals surface area (Å²) < 4.78 is 0. The molecule has 2 N–H and O–H groups in total. The average molecular weight is 260 g/mol. The van der Waals surface area contributed by atoms with E-state index in [2.05, 4.69) is 10.6 Å². The van der Waals surface area contributed by atoms with E-state index in [0.717, 1.165) is 36.3 Å². The predicted molar refractivity (Wildman–Crippen MR) is 79.4 cm³/mol. The maximum Gasteiger partial charge on any atom is 0.224 e. The Kier molecular flexibility index (Phi) is 4.97. The van der Waals surface area contributed by atoms with Gasteiger partial charge in [-0.05, 0) is 63.2 Å². The van der Waals surface area contributed by atoms with Crippen LogP contribution in [0.25, 0.3) is 0 Å². The van der Waals surface area contributed by atoms with E-state index < -0.39 is 0 Å². The van der Waals surface area contributed by atoms with Crippen molar-refractivity contribution in [1.29, 1.82) is 0 Å². The first-order valence-electron chi connectivity index (χ1n) is 7.23. The number of hydrogen-bond donors (Lipinski definition) is 2. The first-order valence-corrected chi connectivity index (χ1v) is 7.23. The normalized spacial score (nSPS) is 19.2. The summed E-state index contributed by atoms with van der Waals surface area (Å²) in [6.45, 7) is 6.27. The lowest BCUT2D eigenvalue weighted by molar-refractivity contribution is -0.116. The maximum absolute atomic E-state index is 12.0. The minimum Gasteiger partial charge on any atom is -0.326 e. The van der Waals surface area contributed by atoms with Gasteiger partial charge in [-0.1, -0.05) is 18.2 Å². The van der Waals surface area contributed by atoms with Gasteiger partial charge in [-0.15, -0.1) is 0 Å². The highest BCUT2D eigenvalue weighted by Crippen LogP contribution is 2.21. The lowest BCUT2D eigenvalue weighted by Gasteiger charge is -2.22. The summed E-state index contributed by atoms with van der Waals surface area (Å²) in [5.74, 6) is 0.806. The van der Waals surface area contributed by atoms with Crippen molar-refractivity contribution in [3.05, 3.63) is 29.3 Å². The number of nitrogens with one attached hydrogen (secondary N) is 2. The number of hydrogen-bond acceptors (Lipinski definition) is 2. The van der Waals surface area contributed by atoms with E-state index in [1.165, 1.54) is 12.8 Å². The molecule has 1 unspecified atom stereocenters. The molecule has 1 saturated heterocycles. The fourth-order valence-electron chi connectivity index (χ4n) is 2.72. The molecule has 0 radical (unpaired) electrons. The Morgan fingerprint density at radius 1 is 1.37 bits per heavy atom. The highest BCUT2D eigenvalue weighted by molar-refractivity contribution is 5.92. The second-order valence-corrected chi connectivity index (χ2v) is 5.57. The maximum atomic E-state index is 12.0. The SMILES string of the molecule is Cc1cccc(C)c1NC(=O)CCC1CCCNC1. The molecule has 1 aromatic carbocycles. The van der Waals surface area contributed by atoms with Crippen LogP contribution in [0.15, 0.2) is 18.2 Å². The van der Waals surface area contributed by atoms with Gasteiger partial charge in [0, 0.05) is 12.1 Å².